The van der Waals surface area contributed by atoms with Gasteiger partial charge < -0.3 is 19.9 Å². The Morgan fingerprint density at radius 2 is 1.89 bits per heavy atom. The summed E-state index contributed by atoms with van der Waals surface area (Å²) in [4.78, 5) is 29.4. The first kappa shape index (κ1) is 19.9. The Morgan fingerprint density at radius 1 is 1.18 bits per heavy atom. The lowest BCUT2D eigenvalue weighted by molar-refractivity contribution is -0.142. The lowest BCUT2D eigenvalue weighted by Gasteiger charge is -2.36. The molecule has 2 amide bonds. The van der Waals surface area contributed by atoms with Crippen LogP contribution in [-0.4, -0.2) is 51.1 Å². The third-order valence-corrected chi connectivity index (χ3v) is 5.03. The monoisotopic (exact) mass is 381 g/mol. The molecular formula is C22H27N3O3. The van der Waals surface area contributed by atoms with Crippen LogP contribution in [0.25, 0.3) is 0 Å². The minimum Gasteiger partial charge on any atom is -0.383 e. The van der Waals surface area contributed by atoms with Crippen molar-refractivity contribution < 1.29 is 14.3 Å². The zero-order valence-corrected chi connectivity index (χ0v) is 16.6. The Bertz CT molecular complexity index is 833. The molecule has 1 atom stereocenters. The van der Waals surface area contributed by atoms with Crippen molar-refractivity contribution in [2.24, 2.45) is 0 Å². The average molecular weight is 381 g/mol. The Labute approximate surface area is 166 Å². The molecule has 0 aliphatic carbocycles. The van der Waals surface area contributed by atoms with Gasteiger partial charge in [0.1, 0.15) is 6.04 Å². The lowest BCUT2D eigenvalue weighted by atomic mass is 9.91. The zero-order chi connectivity index (χ0) is 20.1. The van der Waals surface area contributed by atoms with Crippen molar-refractivity contribution in [3.63, 3.8) is 0 Å². The van der Waals surface area contributed by atoms with Crippen molar-refractivity contribution in [3.05, 3.63) is 65.2 Å². The number of ether oxygens (including phenoxy) is 1. The summed E-state index contributed by atoms with van der Waals surface area (Å²) in [6.07, 6.45) is 0.315. The number of nitrogens with one attached hydrogen (secondary N) is 1. The van der Waals surface area contributed by atoms with Crippen LogP contribution >= 0.6 is 0 Å². The van der Waals surface area contributed by atoms with Gasteiger partial charge >= 0.3 is 0 Å². The molecule has 2 aromatic carbocycles. The second-order valence-electron chi connectivity index (χ2n) is 7.14. The van der Waals surface area contributed by atoms with E-state index in [2.05, 4.69) is 5.32 Å². The van der Waals surface area contributed by atoms with Gasteiger partial charge in [-0.3, -0.25) is 9.59 Å². The molecule has 0 saturated heterocycles. The van der Waals surface area contributed by atoms with Crippen LogP contribution in [0.3, 0.4) is 0 Å². The third kappa shape index (κ3) is 4.34. The highest BCUT2D eigenvalue weighted by molar-refractivity contribution is 5.92. The topological polar surface area (TPSA) is 61.9 Å². The van der Waals surface area contributed by atoms with Gasteiger partial charge in [-0.05, 0) is 28.8 Å². The maximum absolute atomic E-state index is 13.1. The molecule has 6 heteroatoms. The van der Waals surface area contributed by atoms with Crippen molar-refractivity contribution in [1.82, 2.24) is 10.2 Å². The molecule has 0 spiro atoms. The van der Waals surface area contributed by atoms with Crippen LogP contribution in [-0.2, 0) is 27.3 Å². The molecule has 0 radical (unpaired) electrons. The molecule has 0 bridgehead atoms. The maximum atomic E-state index is 13.1. The van der Waals surface area contributed by atoms with Gasteiger partial charge in [-0.1, -0.05) is 36.4 Å². The van der Waals surface area contributed by atoms with E-state index in [1.807, 2.05) is 67.5 Å². The fourth-order valence-electron chi connectivity index (χ4n) is 3.46. The van der Waals surface area contributed by atoms with Gasteiger partial charge in [0, 0.05) is 40.0 Å². The summed E-state index contributed by atoms with van der Waals surface area (Å²) < 4.78 is 5.14. The van der Waals surface area contributed by atoms with E-state index in [1.54, 1.807) is 12.0 Å². The second kappa shape index (κ2) is 8.89. The highest BCUT2D eigenvalue weighted by atomic mass is 16.5. The van der Waals surface area contributed by atoms with Gasteiger partial charge in [0.25, 0.3) is 0 Å². The Morgan fingerprint density at radius 3 is 2.57 bits per heavy atom. The van der Waals surface area contributed by atoms with E-state index in [0.29, 0.717) is 26.1 Å². The number of carbonyl (C=O) groups excluding carboxylic acids is 2. The molecule has 28 heavy (non-hydrogen) atoms. The molecule has 0 unspecified atom stereocenters. The van der Waals surface area contributed by atoms with Crippen LogP contribution in [0.2, 0.25) is 0 Å². The third-order valence-electron chi connectivity index (χ3n) is 5.03. The highest BCUT2D eigenvalue weighted by Crippen LogP contribution is 2.30. The van der Waals surface area contributed by atoms with Crippen molar-refractivity contribution >= 4 is 17.5 Å². The molecule has 1 heterocycles. The van der Waals surface area contributed by atoms with Crippen LogP contribution in [0.1, 0.15) is 22.7 Å². The number of methoxy groups -OCH3 is 1. The summed E-state index contributed by atoms with van der Waals surface area (Å²) in [6, 6.07) is 15.1. The molecule has 2 aromatic rings. The first-order valence-corrected chi connectivity index (χ1v) is 9.41. The molecular weight excluding hydrogens is 354 g/mol. The summed E-state index contributed by atoms with van der Waals surface area (Å²) in [6.45, 7) is 1.19. The van der Waals surface area contributed by atoms with Crippen LogP contribution < -0.4 is 10.2 Å². The smallest absolute Gasteiger partial charge is 0.247 e. The molecule has 0 aromatic heterocycles. The number of hydrogen-bond acceptors (Lipinski definition) is 4. The van der Waals surface area contributed by atoms with E-state index in [0.717, 1.165) is 22.4 Å². The molecule has 6 nitrogen and oxygen atoms in total. The molecule has 148 valence electrons. The zero-order valence-electron chi connectivity index (χ0n) is 16.6. The average Bonchev–Trinajstić information content (AvgIpc) is 2.70. The minimum atomic E-state index is -0.631. The maximum Gasteiger partial charge on any atom is 0.247 e. The summed E-state index contributed by atoms with van der Waals surface area (Å²) in [5, 5.41) is 3.00. The Hall–Kier alpha value is -2.86. The number of nitrogens with zero attached hydrogens (tertiary/aromatic N) is 2. The molecule has 1 aliphatic heterocycles. The first-order chi connectivity index (χ1) is 13.5. The van der Waals surface area contributed by atoms with Crippen molar-refractivity contribution in [2.45, 2.75) is 19.0 Å². The molecule has 1 aliphatic rings. The normalized spacial score (nSPS) is 15.9. The van der Waals surface area contributed by atoms with Gasteiger partial charge in [0.15, 0.2) is 0 Å². The van der Waals surface area contributed by atoms with E-state index in [1.165, 1.54) is 0 Å². The quantitative estimate of drug-likeness (QED) is 0.798. The molecule has 0 saturated carbocycles. The SMILES string of the molecule is COCCN1C(=O)Cc2ccccc2[C@@H]1C(=O)NCc1ccc(N(C)C)cc1. The Kier molecular flexibility index (Phi) is 6.31. The molecule has 3 rings (SSSR count). The number of amides is 2. The predicted octanol–water partition coefficient (Wildman–Crippen LogP) is 2.14. The molecule has 1 N–H and O–H groups in total. The van der Waals surface area contributed by atoms with E-state index in [-0.39, 0.29) is 11.8 Å². The number of anilines is 1. The number of rotatable bonds is 7. The van der Waals surface area contributed by atoms with Crippen molar-refractivity contribution in [1.29, 1.82) is 0 Å². The number of fused-ring (bicyclic) bond motifs is 1. The summed E-state index contributed by atoms with van der Waals surface area (Å²) in [7, 11) is 5.57. The van der Waals surface area contributed by atoms with Crippen LogP contribution in [0.15, 0.2) is 48.5 Å². The van der Waals surface area contributed by atoms with E-state index in [4.69, 9.17) is 4.74 Å². The standard InChI is InChI=1S/C22H27N3O3/c1-24(2)18-10-8-16(9-11-18)15-23-22(27)21-19-7-5-4-6-17(19)14-20(26)25(21)12-13-28-3/h4-11,21H,12-15H2,1-3H3,(H,23,27)/t21-/m1/s1. The highest BCUT2D eigenvalue weighted by Gasteiger charge is 2.36. The van der Waals surface area contributed by atoms with Gasteiger partial charge in [0.05, 0.1) is 13.0 Å². The fourth-order valence-corrected chi connectivity index (χ4v) is 3.46. The lowest BCUT2D eigenvalue weighted by Crippen LogP contribution is -2.48. The predicted molar refractivity (Wildman–Crippen MR) is 109 cm³/mol. The summed E-state index contributed by atoms with van der Waals surface area (Å²) in [5.74, 6) is -0.223. The van der Waals surface area contributed by atoms with Gasteiger partial charge in [-0.25, -0.2) is 0 Å². The van der Waals surface area contributed by atoms with E-state index >= 15 is 0 Å². The minimum absolute atomic E-state index is 0.0498. The van der Waals surface area contributed by atoms with E-state index < -0.39 is 6.04 Å². The van der Waals surface area contributed by atoms with E-state index in [9.17, 15) is 9.59 Å². The summed E-state index contributed by atoms with van der Waals surface area (Å²) in [5.41, 5.74) is 3.92. The first-order valence-electron chi connectivity index (χ1n) is 9.41. The van der Waals surface area contributed by atoms with Crippen molar-refractivity contribution in [3.8, 4) is 0 Å². The second-order valence-corrected chi connectivity index (χ2v) is 7.14. The fraction of sp³-hybridized carbons (Fsp3) is 0.364. The number of benzene rings is 2. The van der Waals surface area contributed by atoms with Crippen LogP contribution in [0.4, 0.5) is 5.69 Å². The number of carbonyl (C=O) groups is 2. The summed E-state index contributed by atoms with van der Waals surface area (Å²) >= 11 is 0. The van der Waals surface area contributed by atoms with Gasteiger partial charge in [-0.2, -0.15) is 0 Å². The van der Waals surface area contributed by atoms with Crippen LogP contribution in [0.5, 0.6) is 0 Å². The van der Waals surface area contributed by atoms with Gasteiger partial charge in [-0.15, -0.1) is 0 Å². The Balaban J connectivity index is 1.77. The van der Waals surface area contributed by atoms with Gasteiger partial charge in [0.2, 0.25) is 11.8 Å². The van der Waals surface area contributed by atoms with Crippen LogP contribution in [0, 0.1) is 0 Å². The largest absolute Gasteiger partial charge is 0.383 e. The molecule has 0 fully saturated rings. The number of hydrogen-bond donors (Lipinski definition) is 1. The van der Waals surface area contributed by atoms with Crippen molar-refractivity contribution in [2.75, 3.05) is 39.3 Å².